The number of anilines is 1. The number of nitro benzene ring substituents is 1. The van der Waals surface area contributed by atoms with Gasteiger partial charge in [-0.2, -0.15) is 0 Å². The van der Waals surface area contributed by atoms with Gasteiger partial charge in [-0.25, -0.2) is 4.39 Å². The van der Waals surface area contributed by atoms with Crippen LogP contribution in [0.1, 0.15) is 22.8 Å². The standard InChI is InChI=1S/C17H16FN3O4/c1-2-11-4-3-5-12(8-11)20-16(22)10-19-17(23)14-7-6-13(21(24)25)9-15(14)18/h3-9H,2,10H2,1H3,(H,19,23)(H,20,22). The van der Waals surface area contributed by atoms with E-state index < -0.39 is 28.2 Å². The lowest BCUT2D eigenvalue weighted by molar-refractivity contribution is -0.385. The van der Waals surface area contributed by atoms with Crippen LogP contribution in [0.4, 0.5) is 15.8 Å². The molecule has 0 radical (unpaired) electrons. The highest BCUT2D eigenvalue weighted by Crippen LogP contribution is 2.16. The second kappa shape index (κ2) is 8.00. The highest BCUT2D eigenvalue weighted by molar-refractivity contribution is 5.99. The van der Waals surface area contributed by atoms with Crippen LogP contribution in [-0.2, 0) is 11.2 Å². The Hall–Kier alpha value is -3.29. The molecule has 2 rings (SSSR count). The van der Waals surface area contributed by atoms with Crippen molar-refractivity contribution in [3.8, 4) is 0 Å². The van der Waals surface area contributed by atoms with Crippen LogP contribution in [0.15, 0.2) is 42.5 Å². The zero-order valence-corrected chi connectivity index (χ0v) is 13.4. The second-order valence-corrected chi connectivity index (χ2v) is 5.21. The number of nitrogens with zero attached hydrogens (tertiary/aromatic N) is 1. The smallest absolute Gasteiger partial charge is 0.272 e. The summed E-state index contributed by atoms with van der Waals surface area (Å²) in [7, 11) is 0. The number of carbonyl (C=O) groups is 2. The van der Waals surface area contributed by atoms with E-state index in [1.54, 1.807) is 12.1 Å². The summed E-state index contributed by atoms with van der Waals surface area (Å²) in [5.41, 5.74) is 0.823. The molecule has 2 aromatic carbocycles. The summed E-state index contributed by atoms with van der Waals surface area (Å²) in [4.78, 5) is 33.6. The normalized spacial score (nSPS) is 10.2. The molecule has 7 nitrogen and oxygen atoms in total. The van der Waals surface area contributed by atoms with Gasteiger partial charge in [0.05, 0.1) is 23.1 Å². The first-order chi connectivity index (χ1) is 11.9. The van der Waals surface area contributed by atoms with E-state index in [0.29, 0.717) is 11.8 Å². The SMILES string of the molecule is CCc1cccc(NC(=O)CNC(=O)c2ccc([N+](=O)[O-])cc2F)c1. The molecule has 25 heavy (non-hydrogen) atoms. The number of nitrogens with one attached hydrogen (secondary N) is 2. The van der Waals surface area contributed by atoms with Gasteiger partial charge in [0.2, 0.25) is 5.91 Å². The fraction of sp³-hybridized carbons (Fsp3) is 0.176. The summed E-state index contributed by atoms with van der Waals surface area (Å²) in [6.07, 6.45) is 0.819. The number of amides is 2. The van der Waals surface area contributed by atoms with Crippen molar-refractivity contribution in [2.24, 2.45) is 0 Å². The van der Waals surface area contributed by atoms with Crippen molar-refractivity contribution in [3.63, 3.8) is 0 Å². The van der Waals surface area contributed by atoms with E-state index >= 15 is 0 Å². The Morgan fingerprint density at radius 1 is 1.20 bits per heavy atom. The highest BCUT2D eigenvalue weighted by atomic mass is 19.1. The van der Waals surface area contributed by atoms with Crippen LogP contribution >= 0.6 is 0 Å². The van der Waals surface area contributed by atoms with E-state index in [1.807, 2.05) is 19.1 Å². The fourth-order valence-electron chi connectivity index (χ4n) is 2.13. The van der Waals surface area contributed by atoms with Crippen molar-refractivity contribution < 1.29 is 18.9 Å². The van der Waals surface area contributed by atoms with Gasteiger partial charge in [-0.1, -0.05) is 19.1 Å². The van der Waals surface area contributed by atoms with Crippen LogP contribution in [0.2, 0.25) is 0 Å². The Bertz CT molecular complexity index is 823. The molecule has 0 aromatic heterocycles. The van der Waals surface area contributed by atoms with Gasteiger partial charge in [0.1, 0.15) is 5.82 Å². The third-order valence-corrected chi connectivity index (χ3v) is 3.44. The molecule has 0 aliphatic heterocycles. The summed E-state index contributed by atoms with van der Waals surface area (Å²) in [6.45, 7) is 1.63. The van der Waals surface area contributed by atoms with Crippen molar-refractivity contribution in [2.45, 2.75) is 13.3 Å². The van der Waals surface area contributed by atoms with Crippen LogP contribution in [0.5, 0.6) is 0 Å². The van der Waals surface area contributed by atoms with Crippen molar-refractivity contribution in [2.75, 3.05) is 11.9 Å². The minimum atomic E-state index is -1.03. The number of rotatable bonds is 6. The summed E-state index contributed by atoms with van der Waals surface area (Å²) in [5.74, 6) is -2.32. The number of hydrogen-bond acceptors (Lipinski definition) is 4. The number of nitro groups is 1. The molecule has 0 aliphatic rings. The van der Waals surface area contributed by atoms with Crippen molar-refractivity contribution in [1.29, 1.82) is 0 Å². The van der Waals surface area contributed by atoms with Crippen molar-refractivity contribution in [1.82, 2.24) is 5.32 Å². The minimum Gasteiger partial charge on any atom is -0.343 e. The van der Waals surface area contributed by atoms with Gasteiger partial charge in [0, 0.05) is 11.8 Å². The van der Waals surface area contributed by atoms with E-state index in [1.165, 1.54) is 0 Å². The van der Waals surface area contributed by atoms with E-state index in [2.05, 4.69) is 10.6 Å². The monoisotopic (exact) mass is 345 g/mol. The zero-order valence-electron chi connectivity index (χ0n) is 13.4. The molecule has 0 bridgehead atoms. The molecule has 0 aliphatic carbocycles. The minimum absolute atomic E-state index is 0.356. The maximum absolute atomic E-state index is 13.7. The van der Waals surface area contributed by atoms with E-state index in [0.717, 1.165) is 24.1 Å². The number of non-ortho nitro benzene ring substituents is 1. The van der Waals surface area contributed by atoms with Gasteiger partial charge in [-0.3, -0.25) is 19.7 Å². The molecule has 130 valence electrons. The summed E-state index contributed by atoms with van der Waals surface area (Å²) in [5, 5.41) is 15.5. The lowest BCUT2D eigenvalue weighted by Crippen LogP contribution is -2.33. The first kappa shape index (κ1) is 18.1. The molecule has 0 saturated heterocycles. The maximum Gasteiger partial charge on any atom is 0.272 e. The molecule has 0 saturated carbocycles. The molecular formula is C17H16FN3O4. The summed E-state index contributed by atoms with van der Waals surface area (Å²) in [6, 6.07) is 9.95. The fourth-order valence-corrected chi connectivity index (χ4v) is 2.13. The largest absolute Gasteiger partial charge is 0.343 e. The molecule has 0 atom stereocenters. The Kier molecular flexibility index (Phi) is 5.78. The predicted octanol–water partition coefficient (Wildman–Crippen LogP) is 2.66. The quantitative estimate of drug-likeness (QED) is 0.621. The Labute approximate surface area is 143 Å². The number of benzene rings is 2. The molecule has 0 spiro atoms. The molecule has 2 N–H and O–H groups in total. The molecule has 8 heteroatoms. The van der Waals surface area contributed by atoms with Crippen molar-refractivity contribution in [3.05, 3.63) is 69.5 Å². The third-order valence-electron chi connectivity index (χ3n) is 3.44. The molecular weight excluding hydrogens is 329 g/mol. The number of carbonyl (C=O) groups excluding carboxylic acids is 2. The highest BCUT2D eigenvalue weighted by Gasteiger charge is 2.16. The van der Waals surface area contributed by atoms with Gasteiger partial charge in [0.15, 0.2) is 0 Å². The van der Waals surface area contributed by atoms with Crippen LogP contribution in [0.3, 0.4) is 0 Å². The molecule has 2 aromatic rings. The van der Waals surface area contributed by atoms with Crippen molar-refractivity contribution >= 4 is 23.2 Å². The first-order valence-corrected chi connectivity index (χ1v) is 7.51. The van der Waals surface area contributed by atoms with Crippen LogP contribution < -0.4 is 10.6 Å². The third kappa shape index (κ3) is 4.84. The molecule has 2 amide bonds. The second-order valence-electron chi connectivity index (χ2n) is 5.21. The Morgan fingerprint density at radius 3 is 2.60 bits per heavy atom. The van der Waals surface area contributed by atoms with Gasteiger partial charge in [-0.15, -0.1) is 0 Å². The van der Waals surface area contributed by atoms with Crippen LogP contribution in [-0.4, -0.2) is 23.3 Å². The van der Waals surface area contributed by atoms with E-state index in [-0.39, 0.29) is 12.1 Å². The Balaban J connectivity index is 1.95. The van der Waals surface area contributed by atoms with Crippen LogP contribution in [0, 0.1) is 15.9 Å². The number of aryl methyl sites for hydroxylation is 1. The van der Waals surface area contributed by atoms with Gasteiger partial charge in [0.25, 0.3) is 11.6 Å². The predicted molar refractivity (Wildman–Crippen MR) is 89.8 cm³/mol. The number of halogens is 1. The maximum atomic E-state index is 13.7. The first-order valence-electron chi connectivity index (χ1n) is 7.51. The Morgan fingerprint density at radius 2 is 1.96 bits per heavy atom. The topological polar surface area (TPSA) is 101 Å². The van der Waals surface area contributed by atoms with E-state index in [4.69, 9.17) is 0 Å². The van der Waals surface area contributed by atoms with E-state index in [9.17, 15) is 24.1 Å². The van der Waals surface area contributed by atoms with Gasteiger partial charge in [-0.05, 0) is 30.2 Å². The average molecular weight is 345 g/mol. The average Bonchev–Trinajstić information content (AvgIpc) is 2.59. The summed E-state index contributed by atoms with van der Waals surface area (Å²) < 4.78 is 13.7. The van der Waals surface area contributed by atoms with Crippen LogP contribution in [0.25, 0.3) is 0 Å². The number of hydrogen-bond donors (Lipinski definition) is 2. The zero-order chi connectivity index (χ0) is 18.4. The van der Waals surface area contributed by atoms with Gasteiger partial charge >= 0.3 is 0 Å². The lowest BCUT2D eigenvalue weighted by atomic mass is 10.1. The van der Waals surface area contributed by atoms with Gasteiger partial charge < -0.3 is 10.6 Å². The molecule has 0 heterocycles. The molecule has 0 fully saturated rings. The lowest BCUT2D eigenvalue weighted by Gasteiger charge is -2.08. The summed E-state index contributed by atoms with van der Waals surface area (Å²) >= 11 is 0. The molecule has 0 unspecified atom stereocenters.